The second-order valence-corrected chi connectivity index (χ2v) is 7.18. The summed E-state index contributed by atoms with van der Waals surface area (Å²) in [6, 6.07) is 14.8. The molecule has 31 heavy (non-hydrogen) atoms. The van der Waals surface area contributed by atoms with Crippen LogP contribution in [-0.4, -0.2) is 72.0 Å². The van der Waals surface area contributed by atoms with Gasteiger partial charge in [-0.05, 0) is 23.3 Å². The molecule has 1 fully saturated rings. The summed E-state index contributed by atoms with van der Waals surface area (Å²) in [5, 5.41) is 14.8. The summed E-state index contributed by atoms with van der Waals surface area (Å²) in [5.41, 5.74) is 2.59. The van der Waals surface area contributed by atoms with Crippen LogP contribution in [0.25, 0.3) is 0 Å². The Bertz CT molecular complexity index is 884. The topological polar surface area (TPSA) is 109 Å². The minimum Gasteiger partial charge on any atom is -0.493 e. The highest BCUT2D eigenvalue weighted by atomic mass is 16.7. The lowest BCUT2D eigenvalue weighted by molar-refractivity contribution is -0.159. The third-order valence-electron chi connectivity index (χ3n) is 5.02. The van der Waals surface area contributed by atoms with E-state index in [0.29, 0.717) is 0 Å². The van der Waals surface area contributed by atoms with Crippen LogP contribution in [0.2, 0.25) is 0 Å². The number of nitrogens with zero attached hydrogens (tertiary/aromatic N) is 2. The van der Waals surface area contributed by atoms with Gasteiger partial charge in [0.05, 0.1) is 7.11 Å². The third-order valence-corrected chi connectivity index (χ3v) is 5.02. The van der Waals surface area contributed by atoms with Gasteiger partial charge in [-0.25, -0.2) is 9.59 Å². The van der Waals surface area contributed by atoms with Crippen molar-refractivity contribution < 1.29 is 34.0 Å². The van der Waals surface area contributed by atoms with E-state index < -0.39 is 11.9 Å². The Balaban J connectivity index is 0.000000401. The fraction of sp³-hybridized carbons (Fsp3) is 0.364. The summed E-state index contributed by atoms with van der Waals surface area (Å²) in [4.78, 5) is 23.2. The number of hydrogen-bond donors (Lipinski definition) is 2. The van der Waals surface area contributed by atoms with Gasteiger partial charge in [0.1, 0.15) is 0 Å². The molecule has 2 N–H and O–H groups in total. The minimum absolute atomic E-state index is 0.271. The van der Waals surface area contributed by atoms with E-state index in [9.17, 15) is 0 Å². The molecule has 0 aromatic heterocycles. The van der Waals surface area contributed by atoms with Crippen molar-refractivity contribution >= 4 is 11.9 Å². The molecule has 0 amide bonds. The lowest BCUT2D eigenvalue weighted by atomic mass is 10.1. The molecule has 1 saturated heterocycles. The molecule has 0 atom stereocenters. The van der Waals surface area contributed by atoms with Crippen molar-refractivity contribution in [2.24, 2.45) is 0 Å². The monoisotopic (exact) mass is 430 g/mol. The quantitative estimate of drug-likeness (QED) is 0.688. The van der Waals surface area contributed by atoms with Crippen molar-refractivity contribution in [3.8, 4) is 17.2 Å². The Morgan fingerprint density at radius 3 is 2.03 bits per heavy atom. The van der Waals surface area contributed by atoms with Gasteiger partial charge in [-0.15, -0.1) is 0 Å². The van der Waals surface area contributed by atoms with Crippen LogP contribution in [0.1, 0.15) is 11.1 Å². The Morgan fingerprint density at radius 2 is 1.48 bits per heavy atom. The van der Waals surface area contributed by atoms with Gasteiger partial charge in [-0.1, -0.05) is 30.3 Å². The van der Waals surface area contributed by atoms with Gasteiger partial charge in [0, 0.05) is 39.3 Å². The van der Waals surface area contributed by atoms with Crippen molar-refractivity contribution in [2.45, 2.75) is 13.1 Å². The molecular formula is C22H26N2O7. The van der Waals surface area contributed by atoms with Gasteiger partial charge in [-0.2, -0.15) is 0 Å². The van der Waals surface area contributed by atoms with Crippen LogP contribution < -0.4 is 14.2 Å². The molecule has 0 bridgehead atoms. The molecule has 9 heteroatoms. The zero-order chi connectivity index (χ0) is 22.2. The van der Waals surface area contributed by atoms with E-state index in [1.54, 1.807) is 7.11 Å². The lowest BCUT2D eigenvalue weighted by Crippen LogP contribution is -2.45. The largest absolute Gasteiger partial charge is 0.493 e. The maximum atomic E-state index is 9.10. The number of methoxy groups -OCH3 is 1. The molecule has 166 valence electrons. The molecule has 2 aliphatic rings. The van der Waals surface area contributed by atoms with Crippen molar-refractivity contribution in [3.05, 3.63) is 53.6 Å². The number of piperazine rings is 1. The number of aliphatic carboxylic acids is 2. The van der Waals surface area contributed by atoms with E-state index in [2.05, 4.69) is 52.3 Å². The molecular weight excluding hydrogens is 404 g/mol. The molecule has 2 aromatic rings. The van der Waals surface area contributed by atoms with E-state index in [1.165, 1.54) is 11.1 Å². The minimum atomic E-state index is -1.82. The SMILES string of the molecule is COc1cc(CN2CCN(Cc3ccccc3)CC2)cc2c1OCO2.O=C(O)C(=O)O. The first-order valence-electron chi connectivity index (χ1n) is 9.87. The highest BCUT2D eigenvalue weighted by Crippen LogP contribution is 2.42. The fourth-order valence-corrected chi connectivity index (χ4v) is 3.48. The van der Waals surface area contributed by atoms with E-state index in [1.807, 2.05) is 0 Å². The summed E-state index contributed by atoms with van der Waals surface area (Å²) >= 11 is 0. The van der Waals surface area contributed by atoms with Crippen LogP contribution in [0.5, 0.6) is 17.2 Å². The van der Waals surface area contributed by atoms with Crippen molar-refractivity contribution in [1.82, 2.24) is 9.80 Å². The number of benzene rings is 2. The number of carboxylic acid groups (broad SMARTS) is 2. The van der Waals surface area contributed by atoms with Crippen LogP contribution in [0.4, 0.5) is 0 Å². The zero-order valence-corrected chi connectivity index (χ0v) is 17.3. The van der Waals surface area contributed by atoms with Crippen LogP contribution >= 0.6 is 0 Å². The number of carboxylic acids is 2. The van der Waals surface area contributed by atoms with Crippen LogP contribution in [0.15, 0.2) is 42.5 Å². The molecule has 9 nitrogen and oxygen atoms in total. The average molecular weight is 430 g/mol. The zero-order valence-electron chi connectivity index (χ0n) is 17.3. The highest BCUT2D eigenvalue weighted by molar-refractivity contribution is 6.27. The van der Waals surface area contributed by atoms with E-state index in [0.717, 1.165) is 56.5 Å². The van der Waals surface area contributed by atoms with Crippen molar-refractivity contribution in [2.75, 3.05) is 40.1 Å². The Labute approximate surface area is 180 Å². The number of rotatable bonds is 5. The van der Waals surface area contributed by atoms with Gasteiger partial charge < -0.3 is 24.4 Å². The number of carbonyl (C=O) groups is 2. The molecule has 0 saturated carbocycles. The summed E-state index contributed by atoms with van der Waals surface area (Å²) < 4.78 is 16.4. The standard InChI is InChI=1S/C20H24N2O3.C2H2O4/c1-23-18-11-17(12-19-20(18)25-15-24-19)14-22-9-7-21(8-10-22)13-16-5-3-2-4-6-16;3-1(4)2(5)6/h2-6,11-12H,7-10,13-15H2,1H3;(H,3,4)(H,5,6). The third kappa shape index (κ3) is 6.34. The Kier molecular flexibility index (Phi) is 7.69. The summed E-state index contributed by atoms with van der Waals surface area (Å²) in [5.74, 6) is -1.38. The smallest absolute Gasteiger partial charge is 0.414 e. The maximum Gasteiger partial charge on any atom is 0.414 e. The first-order chi connectivity index (χ1) is 15.0. The average Bonchev–Trinajstić information content (AvgIpc) is 3.24. The van der Waals surface area contributed by atoms with E-state index in [4.69, 9.17) is 34.0 Å². The van der Waals surface area contributed by atoms with Gasteiger partial charge in [0.2, 0.25) is 12.5 Å². The first kappa shape index (κ1) is 22.4. The fourth-order valence-electron chi connectivity index (χ4n) is 3.48. The second kappa shape index (κ2) is 10.6. The van der Waals surface area contributed by atoms with Gasteiger partial charge in [0.25, 0.3) is 0 Å². The molecule has 2 heterocycles. The molecule has 2 aromatic carbocycles. The van der Waals surface area contributed by atoms with E-state index >= 15 is 0 Å². The van der Waals surface area contributed by atoms with Crippen LogP contribution in [-0.2, 0) is 22.7 Å². The number of hydrogen-bond acceptors (Lipinski definition) is 7. The highest BCUT2D eigenvalue weighted by Gasteiger charge is 2.22. The molecule has 2 aliphatic heterocycles. The molecule has 0 aliphatic carbocycles. The molecule has 0 radical (unpaired) electrons. The predicted octanol–water partition coefficient (Wildman–Crippen LogP) is 1.90. The van der Waals surface area contributed by atoms with Crippen LogP contribution in [0, 0.1) is 0 Å². The lowest BCUT2D eigenvalue weighted by Gasteiger charge is -2.34. The van der Waals surface area contributed by atoms with Gasteiger partial charge in [0.15, 0.2) is 11.5 Å². The van der Waals surface area contributed by atoms with Crippen molar-refractivity contribution in [3.63, 3.8) is 0 Å². The van der Waals surface area contributed by atoms with Crippen molar-refractivity contribution in [1.29, 1.82) is 0 Å². The maximum absolute atomic E-state index is 9.10. The van der Waals surface area contributed by atoms with Gasteiger partial charge >= 0.3 is 11.9 Å². The molecule has 4 rings (SSSR count). The second-order valence-electron chi connectivity index (χ2n) is 7.18. The molecule has 0 unspecified atom stereocenters. The number of fused-ring (bicyclic) bond motifs is 1. The molecule has 0 spiro atoms. The number of ether oxygens (including phenoxy) is 3. The van der Waals surface area contributed by atoms with Crippen LogP contribution in [0.3, 0.4) is 0 Å². The predicted molar refractivity (Wildman–Crippen MR) is 111 cm³/mol. The van der Waals surface area contributed by atoms with Gasteiger partial charge in [-0.3, -0.25) is 9.80 Å². The Morgan fingerprint density at radius 1 is 0.903 bits per heavy atom. The summed E-state index contributed by atoms with van der Waals surface area (Å²) in [7, 11) is 1.67. The first-order valence-corrected chi connectivity index (χ1v) is 9.87. The summed E-state index contributed by atoms with van der Waals surface area (Å²) in [6.07, 6.45) is 0. The Hall–Kier alpha value is -3.30. The van der Waals surface area contributed by atoms with E-state index in [-0.39, 0.29) is 6.79 Å². The normalized spacial score (nSPS) is 15.6. The summed E-state index contributed by atoms with van der Waals surface area (Å²) in [6.45, 7) is 6.55.